The molecule has 0 aliphatic rings. The summed E-state index contributed by atoms with van der Waals surface area (Å²) in [4.78, 5) is 0. The monoisotopic (exact) mass is 324 g/mol. The van der Waals surface area contributed by atoms with E-state index in [4.69, 9.17) is 39.2 Å². The largest absolute Gasteiger partial charge is 0.416 e. The number of hydrogen-bond donors (Lipinski definition) is 0. The molecule has 3 nitrogen and oxygen atoms in total. The van der Waals surface area contributed by atoms with Crippen LogP contribution in [0, 0.1) is 0 Å². The zero-order chi connectivity index (χ0) is 14.1. The van der Waals surface area contributed by atoms with Gasteiger partial charge in [0.25, 0.3) is 0 Å². The maximum absolute atomic E-state index is 6.13. The number of hydrogen-bond acceptors (Lipinski definition) is 3. The van der Waals surface area contributed by atoms with Crippen molar-refractivity contribution >= 4 is 34.8 Å². The summed E-state index contributed by atoms with van der Waals surface area (Å²) in [5.74, 6) is 0.633. The summed E-state index contributed by atoms with van der Waals surface area (Å²) >= 11 is 18.2. The summed E-state index contributed by atoms with van der Waals surface area (Å²) in [6.45, 7) is 0. The fraction of sp³-hybridized carbons (Fsp3) is 0. The smallest absolute Gasteiger partial charge is 0.249 e. The summed E-state index contributed by atoms with van der Waals surface area (Å²) < 4.78 is 5.62. The Bertz CT molecular complexity index is 771. The van der Waals surface area contributed by atoms with Crippen molar-refractivity contribution in [1.82, 2.24) is 10.2 Å². The summed E-state index contributed by atoms with van der Waals surface area (Å²) in [6.07, 6.45) is 0. The second-order valence-electron chi connectivity index (χ2n) is 3.99. The van der Waals surface area contributed by atoms with Crippen molar-refractivity contribution in [2.75, 3.05) is 0 Å². The first kappa shape index (κ1) is 13.4. The van der Waals surface area contributed by atoms with E-state index >= 15 is 0 Å². The molecule has 3 rings (SSSR count). The Labute approximate surface area is 130 Å². The van der Waals surface area contributed by atoms with Gasteiger partial charge in [0.2, 0.25) is 11.8 Å². The lowest BCUT2D eigenvalue weighted by atomic mass is 10.2. The van der Waals surface area contributed by atoms with Crippen LogP contribution in [0.4, 0.5) is 0 Å². The van der Waals surface area contributed by atoms with Gasteiger partial charge in [0.05, 0.1) is 26.2 Å². The number of halogens is 3. The highest BCUT2D eigenvalue weighted by atomic mass is 35.5. The van der Waals surface area contributed by atoms with Crippen LogP contribution in [-0.2, 0) is 0 Å². The summed E-state index contributed by atoms with van der Waals surface area (Å²) in [5.41, 5.74) is 1.26. The molecule has 0 bridgehead atoms. The molecular weight excluding hydrogens is 319 g/mol. The number of nitrogens with zero attached hydrogens (tertiary/aromatic N) is 2. The molecule has 0 saturated carbocycles. The lowest BCUT2D eigenvalue weighted by molar-refractivity contribution is 0.584. The highest BCUT2D eigenvalue weighted by Crippen LogP contribution is 2.34. The molecule has 2 aromatic carbocycles. The molecule has 0 fully saturated rings. The fourth-order valence-electron chi connectivity index (χ4n) is 1.74. The number of aromatic nitrogens is 2. The minimum atomic E-state index is 0.299. The molecule has 0 N–H and O–H groups in total. The van der Waals surface area contributed by atoms with Crippen LogP contribution in [0.5, 0.6) is 0 Å². The molecule has 0 saturated heterocycles. The van der Waals surface area contributed by atoms with E-state index in [-0.39, 0.29) is 0 Å². The standard InChI is InChI=1S/C14H7Cl3N2O/c15-10-6-2-1-4-8(10)13-18-19-14(20-13)9-5-3-7-11(16)12(9)17/h1-7H. The topological polar surface area (TPSA) is 38.9 Å². The van der Waals surface area contributed by atoms with Crippen molar-refractivity contribution in [3.05, 3.63) is 57.5 Å². The minimum absolute atomic E-state index is 0.299. The molecule has 20 heavy (non-hydrogen) atoms. The third-order valence-electron chi connectivity index (χ3n) is 2.71. The molecule has 0 aliphatic heterocycles. The molecule has 0 spiro atoms. The number of benzene rings is 2. The van der Waals surface area contributed by atoms with Gasteiger partial charge in [-0.15, -0.1) is 10.2 Å². The van der Waals surface area contributed by atoms with Gasteiger partial charge in [0.1, 0.15) is 0 Å². The van der Waals surface area contributed by atoms with Gasteiger partial charge in [-0.25, -0.2) is 0 Å². The molecule has 0 atom stereocenters. The van der Waals surface area contributed by atoms with Gasteiger partial charge in [0.15, 0.2) is 0 Å². The number of rotatable bonds is 2. The van der Waals surface area contributed by atoms with Crippen LogP contribution in [0.1, 0.15) is 0 Å². The molecule has 0 aliphatic carbocycles. The SMILES string of the molecule is Clc1ccccc1-c1nnc(-c2cccc(Cl)c2Cl)o1. The molecule has 0 unspecified atom stereocenters. The summed E-state index contributed by atoms with van der Waals surface area (Å²) in [7, 11) is 0. The molecule has 6 heteroatoms. The van der Waals surface area contributed by atoms with Crippen LogP contribution in [0.15, 0.2) is 46.9 Å². The molecular formula is C14H7Cl3N2O. The van der Waals surface area contributed by atoms with Crippen molar-refractivity contribution in [3.63, 3.8) is 0 Å². The van der Waals surface area contributed by atoms with E-state index in [1.807, 2.05) is 12.1 Å². The van der Waals surface area contributed by atoms with Crippen LogP contribution in [-0.4, -0.2) is 10.2 Å². The Morgan fingerprint density at radius 1 is 0.700 bits per heavy atom. The second kappa shape index (κ2) is 5.44. The van der Waals surface area contributed by atoms with Crippen molar-refractivity contribution < 1.29 is 4.42 Å². The molecule has 0 radical (unpaired) electrons. The van der Waals surface area contributed by atoms with E-state index < -0.39 is 0 Å². The maximum Gasteiger partial charge on any atom is 0.249 e. The minimum Gasteiger partial charge on any atom is -0.416 e. The Kier molecular flexibility index (Phi) is 3.66. The van der Waals surface area contributed by atoms with E-state index in [1.54, 1.807) is 30.3 Å². The normalized spacial score (nSPS) is 10.8. The molecule has 0 amide bonds. The first-order valence-corrected chi connectivity index (χ1v) is 6.83. The van der Waals surface area contributed by atoms with Gasteiger partial charge in [-0.1, -0.05) is 53.0 Å². The highest BCUT2D eigenvalue weighted by molar-refractivity contribution is 6.43. The van der Waals surface area contributed by atoms with E-state index in [1.165, 1.54) is 0 Å². The predicted octanol–water partition coefficient (Wildman–Crippen LogP) is 5.36. The maximum atomic E-state index is 6.13. The van der Waals surface area contributed by atoms with Crippen LogP contribution < -0.4 is 0 Å². The molecule has 1 aromatic heterocycles. The van der Waals surface area contributed by atoms with Gasteiger partial charge in [0, 0.05) is 0 Å². The Morgan fingerprint density at radius 3 is 2.05 bits per heavy atom. The first-order valence-electron chi connectivity index (χ1n) is 5.69. The van der Waals surface area contributed by atoms with Crippen LogP contribution in [0.3, 0.4) is 0 Å². The van der Waals surface area contributed by atoms with E-state index in [0.29, 0.717) is 38.0 Å². The third-order valence-corrected chi connectivity index (χ3v) is 3.86. The van der Waals surface area contributed by atoms with Gasteiger partial charge >= 0.3 is 0 Å². The van der Waals surface area contributed by atoms with Gasteiger partial charge in [-0.3, -0.25) is 0 Å². The Hall–Kier alpha value is -1.55. The molecule has 1 heterocycles. The summed E-state index contributed by atoms with van der Waals surface area (Å²) in [5, 5.41) is 9.33. The van der Waals surface area contributed by atoms with E-state index in [0.717, 1.165) is 0 Å². The lowest BCUT2D eigenvalue weighted by Crippen LogP contribution is -1.80. The zero-order valence-corrected chi connectivity index (χ0v) is 12.2. The van der Waals surface area contributed by atoms with Crippen molar-refractivity contribution in [1.29, 1.82) is 0 Å². The van der Waals surface area contributed by atoms with Crippen LogP contribution in [0.2, 0.25) is 15.1 Å². The van der Waals surface area contributed by atoms with E-state index in [2.05, 4.69) is 10.2 Å². The Balaban J connectivity index is 2.07. The van der Waals surface area contributed by atoms with Crippen LogP contribution >= 0.6 is 34.8 Å². The predicted molar refractivity (Wildman–Crippen MR) is 80.2 cm³/mol. The molecule has 3 aromatic rings. The average Bonchev–Trinajstić information content (AvgIpc) is 2.92. The highest BCUT2D eigenvalue weighted by Gasteiger charge is 2.15. The lowest BCUT2D eigenvalue weighted by Gasteiger charge is -2.00. The zero-order valence-electron chi connectivity index (χ0n) is 9.98. The van der Waals surface area contributed by atoms with Crippen molar-refractivity contribution in [3.8, 4) is 22.9 Å². The van der Waals surface area contributed by atoms with Crippen LogP contribution in [0.25, 0.3) is 22.9 Å². The first-order chi connectivity index (χ1) is 9.66. The average molecular weight is 326 g/mol. The quantitative estimate of drug-likeness (QED) is 0.636. The van der Waals surface area contributed by atoms with E-state index in [9.17, 15) is 0 Å². The van der Waals surface area contributed by atoms with Crippen molar-refractivity contribution in [2.45, 2.75) is 0 Å². The third kappa shape index (κ3) is 2.40. The Morgan fingerprint density at radius 2 is 1.30 bits per heavy atom. The van der Waals surface area contributed by atoms with Crippen molar-refractivity contribution in [2.24, 2.45) is 0 Å². The van der Waals surface area contributed by atoms with Gasteiger partial charge in [-0.05, 0) is 24.3 Å². The fourth-order valence-corrected chi connectivity index (χ4v) is 2.34. The van der Waals surface area contributed by atoms with Gasteiger partial charge in [-0.2, -0.15) is 0 Å². The second-order valence-corrected chi connectivity index (χ2v) is 5.19. The van der Waals surface area contributed by atoms with Gasteiger partial charge < -0.3 is 4.42 Å². The summed E-state index contributed by atoms with van der Waals surface area (Å²) in [6, 6.07) is 12.5. The molecule has 100 valence electrons.